The van der Waals surface area contributed by atoms with Crippen LogP contribution in [-0.2, 0) is 11.3 Å². The number of anilines is 2. The molecule has 0 bridgehead atoms. The molecule has 202 valence electrons. The number of rotatable bonds is 10. The fourth-order valence-electron chi connectivity index (χ4n) is 5.26. The predicted molar refractivity (Wildman–Crippen MR) is 147 cm³/mol. The van der Waals surface area contributed by atoms with E-state index in [2.05, 4.69) is 45.7 Å². The Morgan fingerprint density at radius 2 is 1.68 bits per heavy atom. The van der Waals surface area contributed by atoms with Crippen LogP contribution in [0.25, 0.3) is 0 Å². The summed E-state index contributed by atoms with van der Waals surface area (Å²) in [6.45, 7) is 11.3. The highest BCUT2D eigenvalue weighted by molar-refractivity contribution is 5.79. The normalized spacial score (nSPS) is 17.6. The second kappa shape index (κ2) is 12.9. The Hall–Kier alpha value is -3.07. The minimum absolute atomic E-state index is 0.123. The summed E-state index contributed by atoms with van der Waals surface area (Å²) in [4.78, 5) is 42.0. The van der Waals surface area contributed by atoms with Gasteiger partial charge in [-0.15, -0.1) is 0 Å². The molecular formula is C28H42N6O3. The monoisotopic (exact) mass is 510 g/mol. The third-order valence-electron chi connectivity index (χ3n) is 7.62. The number of carbonyl (C=O) groups is 1. The van der Waals surface area contributed by atoms with Gasteiger partial charge in [0.1, 0.15) is 5.75 Å². The van der Waals surface area contributed by atoms with Crippen molar-refractivity contribution in [1.29, 1.82) is 0 Å². The van der Waals surface area contributed by atoms with Crippen LogP contribution in [0.5, 0.6) is 5.75 Å². The van der Waals surface area contributed by atoms with Crippen LogP contribution in [0, 0.1) is 5.92 Å². The molecule has 2 aliphatic heterocycles. The van der Waals surface area contributed by atoms with Gasteiger partial charge in [-0.2, -0.15) is 0 Å². The third kappa shape index (κ3) is 7.03. The highest BCUT2D eigenvalue weighted by Crippen LogP contribution is 2.22. The first kappa shape index (κ1) is 27.0. The molecule has 0 spiro atoms. The zero-order chi connectivity index (χ0) is 26.2. The molecule has 3 heterocycles. The lowest BCUT2D eigenvalue weighted by Gasteiger charge is -2.37. The summed E-state index contributed by atoms with van der Waals surface area (Å²) in [7, 11) is 1.68. The van der Waals surface area contributed by atoms with Crippen LogP contribution in [0.2, 0.25) is 0 Å². The predicted octanol–water partition coefficient (Wildman–Crippen LogP) is 2.97. The molecule has 2 saturated heterocycles. The summed E-state index contributed by atoms with van der Waals surface area (Å²) < 4.78 is 5.26. The molecule has 4 rings (SSSR count). The summed E-state index contributed by atoms with van der Waals surface area (Å²) in [5.41, 5.74) is 1.87. The maximum atomic E-state index is 13.0. The van der Waals surface area contributed by atoms with Crippen LogP contribution in [0.3, 0.4) is 0 Å². The number of nitrogens with zero attached hydrogens (tertiary/aromatic N) is 5. The molecule has 1 atom stereocenters. The van der Waals surface area contributed by atoms with Gasteiger partial charge >= 0.3 is 0 Å². The standard InChI is InChI=1S/C28H42N6O3/c1-4-6-7-22(5-2)27(36)33-16-18-34(19-17-33)28-29-23(20-26(35)30-28)21-31-12-14-32(15-13-31)24-8-10-25(37-3)11-9-24/h8-11,20,22H,4-7,12-19,21H2,1-3H3,(H,29,30,35)/t22-/m0/s1. The van der Waals surface area contributed by atoms with E-state index < -0.39 is 0 Å². The van der Waals surface area contributed by atoms with Crippen molar-refractivity contribution < 1.29 is 9.53 Å². The van der Waals surface area contributed by atoms with Crippen molar-refractivity contribution in [3.63, 3.8) is 0 Å². The second-order valence-electron chi connectivity index (χ2n) is 10.1. The van der Waals surface area contributed by atoms with Gasteiger partial charge in [-0.05, 0) is 37.1 Å². The average Bonchev–Trinajstić information content (AvgIpc) is 2.93. The smallest absolute Gasteiger partial charge is 0.252 e. The van der Waals surface area contributed by atoms with Crippen LogP contribution in [0.1, 0.15) is 45.2 Å². The van der Waals surface area contributed by atoms with Gasteiger partial charge in [-0.3, -0.25) is 19.5 Å². The van der Waals surface area contributed by atoms with Gasteiger partial charge in [0.25, 0.3) is 5.56 Å². The third-order valence-corrected chi connectivity index (χ3v) is 7.62. The number of carbonyl (C=O) groups excluding carboxylic acids is 1. The molecule has 0 radical (unpaired) electrons. The van der Waals surface area contributed by atoms with Crippen molar-refractivity contribution in [3.8, 4) is 5.75 Å². The number of benzene rings is 1. The van der Waals surface area contributed by atoms with Gasteiger partial charge in [-0.25, -0.2) is 4.98 Å². The van der Waals surface area contributed by atoms with E-state index in [0.29, 0.717) is 38.7 Å². The van der Waals surface area contributed by atoms with Crippen molar-refractivity contribution in [2.75, 3.05) is 69.3 Å². The van der Waals surface area contributed by atoms with Crippen molar-refractivity contribution in [2.24, 2.45) is 5.92 Å². The molecule has 1 N–H and O–H groups in total. The summed E-state index contributed by atoms with van der Waals surface area (Å²) in [5, 5.41) is 0. The number of aromatic amines is 1. The van der Waals surface area contributed by atoms with Gasteiger partial charge in [0.05, 0.1) is 12.8 Å². The van der Waals surface area contributed by atoms with E-state index in [-0.39, 0.29) is 17.4 Å². The summed E-state index contributed by atoms with van der Waals surface area (Å²) in [6.07, 6.45) is 4.08. The summed E-state index contributed by atoms with van der Waals surface area (Å²) in [6, 6.07) is 9.79. The molecule has 0 aliphatic carbocycles. The molecular weight excluding hydrogens is 468 g/mol. The van der Waals surface area contributed by atoms with E-state index in [1.54, 1.807) is 13.2 Å². The lowest BCUT2D eigenvalue weighted by molar-refractivity contribution is -0.136. The van der Waals surface area contributed by atoms with Crippen LogP contribution in [0.4, 0.5) is 11.6 Å². The van der Waals surface area contributed by atoms with E-state index in [0.717, 1.165) is 63.3 Å². The van der Waals surface area contributed by atoms with Gasteiger partial charge in [0, 0.05) is 76.6 Å². The molecule has 1 aromatic heterocycles. The molecule has 2 fully saturated rings. The number of amides is 1. The SMILES string of the molecule is CCCC[C@H](CC)C(=O)N1CCN(c2nc(CN3CCN(c4ccc(OC)cc4)CC3)cc(=O)[nH]2)CC1. The summed E-state index contributed by atoms with van der Waals surface area (Å²) in [5.74, 6) is 1.88. The van der Waals surface area contributed by atoms with E-state index >= 15 is 0 Å². The fraction of sp³-hybridized carbons (Fsp3) is 0.607. The molecule has 0 unspecified atom stereocenters. The zero-order valence-corrected chi connectivity index (χ0v) is 22.6. The lowest BCUT2D eigenvalue weighted by atomic mass is 9.97. The number of hydrogen-bond donors (Lipinski definition) is 1. The van der Waals surface area contributed by atoms with Crippen LogP contribution in [-0.4, -0.2) is 85.1 Å². The number of unbranched alkanes of at least 4 members (excludes halogenated alkanes) is 1. The number of methoxy groups -OCH3 is 1. The molecule has 37 heavy (non-hydrogen) atoms. The molecule has 1 amide bonds. The largest absolute Gasteiger partial charge is 0.497 e. The topological polar surface area (TPSA) is 85.0 Å². The first-order valence-corrected chi connectivity index (χ1v) is 13.8. The fourth-order valence-corrected chi connectivity index (χ4v) is 5.26. The van der Waals surface area contributed by atoms with Crippen molar-refractivity contribution >= 4 is 17.5 Å². The minimum Gasteiger partial charge on any atom is -0.497 e. The van der Waals surface area contributed by atoms with Crippen LogP contribution < -0.4 is 20.1 Å². The maximum absolute atomic E-state index is 13.0. The molecule has 0 saturated carbocycles. The number of ether oxygens (including phenoxy) is 1. The number of hydrogen-bond acceptors (Lipinski definition) is 7. The highest BCUT2D eigenvalue weighted by atomic mass is 16.5. The number of nitrogens with one attached hydrogen (secondary N) is 1. The Morgan fingerprint density at radius 3 is 2.30 bits per heavy atom. The quantitative estimate of drug-likeness (QED) is 0.526. The van der Waals surface area contributed by atoms with Gasteiger partial charge in [0.15, 0.2) is 0 Å². The molecule has 9 heteroatoms. The molecule has 1 aromatic carbocycles. The maximum Gasteiger partial charge on any atom is 0.252 e. The second-order valence-corrected chi connectivity index (χ2v) is 10.1. The Bertz CT molecular complexity index is 1060. The zero-order valence-electron chi connectivity index (χ0n) is 22.6. The van der Waals surface area contributed by atoms with E-state index in [1.807, 2.05) is 17.0 Å². The van der Waals surface area contributed by atoms with E-state index in [9.17, 15) is 9.59 Å². The van der Waals surface area contributed by atoms with Crippen molar-refractivity contribution in [2.45, 2.75) is 46.1 Å². The Labute approximate surface area is 220 Å². The summed E-state index contributed by atoms with van der Waals surface area (Å²) >= 11 is 0. The van der Waals surface area contributed by atoms with Gasteiger partial charge in [0.2, 0.25) is 11.9 Å². The molecule has 9 nitrogen and oxygen atoms in total. The van der Waals surface area contributed by atoms with E-state index in [1.165, 1.54) is 5.69 Å². The Morgan fingerprint density at radius 1 is 1.00 bits per heavy atom. The highest BCUT2D eigenvalue weighted by Gasteiger charge is 2.27. The van der Waals surface area contributed by atoms with Crippen LogP contribution >= 0.6 is 0 Å². The molecule has 2 aromatic rings. The van der Waals surface area contributed by atoms with Gasteiger partial charge in [-0.1, -0.05) is 26.7 Å². The Kier molecular flexibility index (Phi) is 9.44. The number of piperazine rings is 2. The van der Waals surface area contributed by atoms with Crippen molar-refractivity contribution in [3.05, 3.63) is 46.4 Å². The lowest BCUT2D eigenvalue weighted by Crippen LogP contribution is -2.51. The van der Waals surface area contributed by atoms with Gasteiger partial charge < -0.3 is 19.4 Å². The first-order chi connectivity index (χ1) is 18.0. The first-order valence-electron chi connectivity index (χ1n) is 13.8. The molecule has 2 aliphatic rings. The average molecular weight is 511 g/mol. The van der Waals surface area contributed by atoms with Crippen molar-refractivity contribution in [1.82, 2.24) is 19.8 Å². The Balaban J connectivity index is 1.30. The van der Waals surface area contributed by atoms with Crippen LogP contribution in [0.15, 0.2) is 35.1 Å². The number of H-pyrrole nitrogens is 1. The van der Waals surface area contributed by atoms with E-state index in [4.69, 9.17) is 9.72 Å². The minimum atomic E-state index is -0.124. The number of aromatic nitrogens is 2.